The molecule has 1 aromatic carbocycles. The number of sulfone groups is 1. The first-order valence-electron chi connectivity index (χ1n) is 8.06. The zero-order valence-corrected chi connectivity index (χ0v) is 13.9. The highest BCUT2D eigenvalue weighted by molar-refractivity contribution is 7.92. The lowest BCUT2D eigenvalue weighted by Gasteiger charge is -2.31. The molecule has 0 saturated heterocycles. The Morgan fingerprint density at radius 2 is 1.76 bits per heavy atom. The van der Waals surface area contributed by atoms with Crippen LogP contribution in [-0.4, -0.2) is 26.0 Å². The van der Waals surface area contributed by atoms with Crippen LogP contribution in [0.5, 0.6) is 0 Å². The molecule has 2 unspecified atom stereocenters. The predicted molar refractivity (Wildman–Crippen MR) is 88.1 cm³/mol. The normalized spacial score (nSPS) is 20.1. The van der Waals surface area contributed by atoms with Gasteiger partial charge in [0, 0.05) is 6.04 Å². The van der Waals surface area contributed by atoms with Crippen molar-refractivity contribution in [1.82, 2.24) is 5.32 Å². The van der Waals surface area contributed by atoms with Crippen molar-refractivity contribution in [3.63, 3.8) is 0 Å². The molecule has 21 heavy (non-hydrogen) atoms. The molecule has 0 aromatic heterocycles. The van der Waals surface area contributed by atoms with Gasteiger partial charge in [-0.05, 0) is 31.9 Å². The molecule has 1 aliphatic carbocycles. The van der Waals surface area contributed by atoms with Crippen LogP contribution in [0.25, 0.3) is 0 Å². The zero-order valence-electron chi connectivity index (χ0n) is 13.1. The molecule has 0 radical (unpaired) electrons. The minimum atomic E-state index is -3.10. The maximum atomic E-state index is 13.1. The van der Waals surface area contributed by atoms with Gasteiger partial charge in [0.05, 0.1) is 10.5 Å². The molecule has 1 saturated carbocycles. The summed E-state index contributed by atoms with van der Waals surface area (Å²) in [7, 11) is -1.24. The summed E-state index contributed by atoms with van der Waals surface area (Å²) in [6.45, 7) is 1.98. The van der Waals surface area contributed by atoms with E-state index in [-0.39, 0.29) is 16.5 Å². The highest BCUT2D eigenvalue weighted by Crippen LogP contribution is 2.32. The molecule has 2 atom stereocenters. The van der Waals surface area contributed by atoms with Crippen LogP contribution in [0.3, 0.4) is 0 Å². The van der Waals surface area contributed by atoms with Crippen molar-refractivity contribution in [3.8, 4) is 0 Å². The summed E-state index contributed by atoms with van der Waals surface area (Å²) in [5.74, 6) is 0. The molecule has 0 bridgehead atoms. The average Bonchev–Trinajstić information content (AvgIpc) is 2.54. The fraction of sp³-hybridized carbons (Fsp3) is 0.647. The molecule has 3 nitrogen and oxygen atoms in total. The second-order valence-corrected chi connectivity index (χ2v) is 8.42. The molecule has 1 N–H and O–H groups in total. The number of benzene rings is 1. The van der Waals surface area contributed by atoms with Crippen molar-refractivity contribution < 1.29 is 8.42 Å². The fourth-order valence-corrected chi connectivity index (χ4v) is 6.15. The summed E-state index contributed by atoms with van der Waals surface area (Å²) < 4.78 is 26.1. The second-order valence-electron chi connectivity index (χ2n) is 5.97. The Balaban J connectivity index is 2.28. The lowest BCUT2D eigenvalue weighted by Crippen LogP contribution is -2.41. The smallest absolute Gasteiger partial charge is 0.157 e. The van der Waals surface area contributed by atoms with E-state index in [0.717, 1.165) is 31.2 Å². The van der Waals surface area contributed by atoms with Crippen LogP contribution in [0, 0.1) is 0 Å². The highest BCUT2D eigenvalue weighted by atomic mass is 32.2. The first-order valence-corrected chi connectivity index (χ1v) is 9.67. The van der Waals surface area contributed by atoms with Crippen molar-refractivity contribution in [3.05, 3.63) is 35.9 Å². The first-order chi connectivity index (χ1) is 10.1. The number of rotatable bonds is 6. The van der Waals surface area contributed by atoms with Crippen molar-refractivity contribution in [1.29, 1.82) is 0 Å². The summed E-state index contributed by atoms with van der Waals surface area (Å²) in [6, 6.07) is 9.81. The van der Waals surface area contributed by atoms with Gasteiger partial charge in [-0.2, -0.15) is 0 Å². The van der Waals surface area contributed by atoms with E-state index >= 15 is 0 Å². The van der Waals surface area contributed by atoms with Crippen LogP contribution in [0.15, 0.2) is 30.3 Å². The molecular weight excluding hydrogens is 282 g/mol. The third kappa shape index (κ3) is 3.67. The average molecular weight is 309 g/mol. The van der Waals surface area contributed by atoms with Gasteiger partial charge in [-0.1, -0.05) is 56.5 Å². The lowest BCUT2D eigenvalue weighted by molar-refractivity contribution is 0.457. The number of nitrogens with one attached hydrogen (secondary N) is 1. The van der Waals surface area contributed by atoms with E-state index in [1.54, 1.807) is 0 Å². The minimum absolute atomic E-state index is 0.122. The Hall–Kier alpha value is -0.870. The summed E-state index contributed by atoms with van der Waals surface area (Å²) in [4.78, 5) is 0. The Morgan fingerprint density at radius 3 is 2.29 bits per heavy atom. The van der Waals surface area contributed by atoms with Gasteiger partial charge in [-0.25, -0.2) is 8.42 Å². The molecule has 1 aromatic rings. The van der Waals surface area contributed by atoms with Gasteiger partial charge in [-0.3, -0.25) is 0 Å². The van der Waals surface area contributed by atoms with Crippen LogP contribution in [0.4, 0.5) is 0 Å². The van der Waals surface area contributed by atoms with Crippen molar-refractivity contribution in [2.24, 2.45) is 0 Å². The summed E-state index contributed by atoms with van der Waals surface area (Å²) >= 11 is 0. The van der Waals surface area contributed by atoms with E-state index in [9.17, 15) is 8.42 Å². The number of hydrogen-bond acceptors (Lipinski definition) is 3. The van der Waals surface area contributed by atoms with Gasteiger partial charge < -0.3 is 5.32 Å². The summed E-state index contributed by atoms with van der Waals surface area (Å²) in [6.07, 6.45) is 5.61. The van der Waals surface area contributed by atoms with Crippen LogP contribution in [0.2, 0.25) is 0 Å². The largest absolute Gasteiger partial charge is 0.312 e. The van der Waals surface area contributed by atoms with Gasteiger partial charge in [0.1, 0.15) is 0 Å². The molecule has 1 aliphatic rings. The SMILES string of the molecule is CCC(C(NC)c1ccccc1)S(=O)(=O)C1CCCCC1. The van der Waals surface area contributed by atoms with Gasteiger partial charge in [0.25, 0.3) is 0 Å². The van der Waals surface area contributed by atoms with Crippen LogP contribution < -0.4 is 5.32 Å². The zero-order chi connectivity index (χ0) is 15.3. The highest BCUT2D eigenvalue weighted by Gasteiger charge is 2.38. The van der Waals surface area contributed by atoms with E-state index in [1.807, 2.05) is 44.3 Å². The monoisotopic (exact) mass is 309 g/mol. The van der Waals surface area contributed by atoms with Gasteiger partial charge in [0.15, 0.2) is 9.84 Å². The third-order valence-corrected chi connectivity index (χ3v) is 7.53. The van der Waals surface area contributed by atoms with E-state index in [2.05, 4.69) is 5.32 Å². The Bertz CT molecular complexity index is 521. The van der Waals surface area contributed by atoms with E-state index in [0.29, 0.717) is 6.42 Å². The Labute approximate surface area is 129 Å². The molecule has 2 rings (SSSR count). The number of hydrogen-bond donors (Lipinski definition) is 1. The summed E-state index contributed by atoms with van der Waals surface area (Å²) in [5.41, 5.74) is 1.06. The Kier molecular flexibility index (Phi) is 5.82. The van der Waals surface area contributed by atoms with Crippen LogP contribution in [-0.2, 0) is 9.84 Å². The van der Waals surface area contributed by atoms with E-state index < -0.39 is 9.84 Å². The summed E-state index contributed by atoms with van der Waals surface area (Å²) in [5, 5.41) is 2.75. The quantitative estimate of drug-likeness (QED) is 0.875. The Morgan fingerprint density at radius 1 is 1.14 bits per heavy atom. The van der Waals surface area contributed by atoms with Gasteiger partial charge >= 0.3 is 0 Å². The van der Waals surface area contributed by atoms with E-state index in [4.69, 9.17) is 0 Å². The minimum Gasteiger partial charge on any atom is -0.312 e. The van der Waals surface area contributed by atoms with Crippen LogP contribution in [0.1, 0.15) is 57.1 Å². The third-order valence-electron chi connectivity index (χ3n) is 4.68. The van der Waals surface area contributed by atoms with Crippen LogP contribution >= 0.6 is 0 Å². The predicted octanol–water partition coefficient (Wildman–Crippen LogP) is 3.47. The maximum Gasteiger partial charge on any atom is 0.157 e. The van der Waals surface area contributed by atoms with Crippen molar-refractivity contribution >= 4 is 9.84 Å². The molecule has 4 heteroatoms. The standard InChI is InChI=1S/C17H27NO2S/c1-3-16(17(18-2)14-10-6-4-7-11-14)21(19,20)15-12-8-5-9-13-15/h4,6-7,10-11,15-18H,3,5,8-9,12-13H2,1-2H3. The van der Waals surface area contributed by atoms with Crippen molar-refractivity contribution in [2.45, 2.75) is 62.0 Å². The molecule has 0 aliphatic heterocycles. The molecular formula is C17H27NO2S. The van der Waals surface area contributed by atoms with Crippen molar-refractivity contribution in [2.75, 3.05) is 7.05 Å². The molecule has 0 heterocycles. The van der Waals surface area contributed by atoms with Gasteiger partial charge in [0.2, 0.25) is 0 Å². The second kappa shape index (κ2) is 7.41. The maximum absolute atomic E-state index is 13.1. The molecule has 0 amide bonds. The van der Waals surface area contributed by atoms with Gasteiger partial charge in [-0.15, -0.1) is 0 Å². The fourth-order valence-electron chi connectivity index (χ4n) is 3.53. The molecule has 1 fully saturated rings. The topological polar surface area (TPSA) is 46.2 Å². The van der Waals surface area contributed by atoms with E-state index in [1.165, 1.54) is 6.42 Å². The lowest BCUT2D eigenvalue weighted by atomic mass is 10.0. The molecule has 0 spiro atoms. The molecule has 118 valence electrons. The first kappa shape index (κ1) is 16.5.